The van der Waals surface area contributed by atoms with E-state index < -0.39 is 0 Å². The van der Waals surface area contributed by atoms with E-state index in [2.05, 4.69) is 57.7 Å². The number of nitrogens with zero attached hydrogens (tertiary/aromatic N) is 6. The summed E-state index contributed by atoms with van der Waals surface area (Å²) in [6.07, 6.45) is 3.62. The summed E-state index contributed by atoms with van der Waals surface area (Å²) < 4.78 is 1.79. The Balaban J connectivity index is 1.51. The van der Waals surface area contributed by atoms with Gasteiger partial charge in [-0.05, 0) is 26.8 Å². The lowest BCUT2D eigenvalue weighted by atomic mass is 10.1. The van der Waals surface area contributed by atoms with E-state index in [1.807, 2.05) is 6.20 Å². The maximum Gasteiger partial charge on any atom is 0.154 e. The molecule has 144 valence electrons. The second-order valence-corrected chi connectivity index (χ2v) is 8.07. The maximum absolute atomic E-state index is 5.90. The average Bonchev–Trinajstić information content (AvgIpc) is 3.09. The quantitative estimate of drug-likeness (QED) is 0.812. The van der Waals surface area contributed by atoms with Gasteiger partial charge in [-0.1, -0.05) is 23.4 Å². The maximum atomic E-state index is 5.90. The van der Waals surface area contributed by atoms with Crippen molar-refractivity contribution in [1.82, 2.24) is 29.8 Å². The van der Waals surface area contributed by atoms with E-state index in [4.69, 9.17) is 17.3 Å². The second-order valence-electron chi connectivity index (χ2n) is 7.68. The lowest BCUT2D eigenvalue weighted by Crippen LogP contribution is -2.53. The van der Waals surface area contributed by atoms with Gasteiger partial charge in [0.15, 0.2) is 11.0 Å². The minimum Gasteiger partial charge on any atom is -0.382 e. The molecule has 2 N–H and O–H groups in total. The summed E-state index contributed by atoms with van der Waals surface area (Å²) in [5.41, 5.74) is 7.69. The molecular formula is C19H26ClN7. The second kappa shape index (κ2) is 8.26. The Hall–Kier alpha value is -2.14. The van der Waals surface area contributed by atoms with Gasteiger partial charge >= 0.3 is 0 Å². The van der Waals surface area contributed by atoms with Crippen molar-refractivity contribution in [2.75, 3.05) is 38.5 Å². The molecule has 0 radical (unpaired) electrons. The van der Waals surface area contributed by atoms with Gasteiger partial charge in [-0.2, -0.15) is 5.10 Å². The van der Waals surface area contributed by atoms with Crippen LogP contribution in [0.1, 0.15) is 20.8 Å². The van der Waals surface area contributed by atoms with Crippen molar-refractivity contribution in [3.8, 4) is 23.0 Å². The Morgan fingerprint density at radius 1 is 1.11 bits per heavy atom. The van der Waals surface area contributed by atoms with Gasteiger partial charge in [0.2, 0.25) is 0 Å². The van der Waals surface area contributed by atoms with Crippen LogP contribution in [0.25, 0.3) is 11.1 Å². The van der Waals surface area contributed by atoms with Crippen LogP contribution in [0.15, 0.2) is 18.5 Å². The molecule has 0 saturated carbocycles. The molecule has 0 spiro atoms. The highest BCUT2D eigenvalue weighted by atomic mass is 35.5. The third kappa shape index (κ3) is 5.19. The Kier molecular flexibility index (Phi) is 6.00. The Morgan fingerprint density at radius 2 is 1.81 bits per heavy atom. The first-order chi connectivity index (χ1) is 12.8. The zero-order chi connectivity index (χ0) is 19.4. The van der Waals surface area contributed by atoms with Gasteiger partial charge in [0, 0.05) is 49.0 Å². The number of nitrogens with two attached hydrogens (primary N) is 1. The van der Waals surface area contributed by atoms with Gasteiger partial charge in [0.05, 0.1) is 12.7 Å². The van der Waals surface area contributed by atoms with Crippen molar-refractivity contribution in [2.45, 2.75) is 32.9 Å². The number of rotatable bonds is 3. The molecule has 0 amide bonds. The first-order valence-electron chi connectivity index (χ1n) is 9.07. The minimum atomic E-state index is 0.244. The van der Waals surface area contributed by atoms with Crippen molar-refractivity contribution >= 4 is 17.4 Å². The minimum absolute atomic E-state index is 0.244. The standard InChI is InChI=1S/C19H26ClN7/c1-19(2,3)26-10-8-25(9-11-26)6-4-5-7-27-14-15(13-22-27)16-12-17(20)23-24-18(16)21/h12-14H,6-11H2,1-3H3,(H2,21,24). The van der Waals surface area contributed by atoms with Gasteiger partial charge in [-0.25, -0.2) is 0 Å². The first kappa shape index (κ1) is 19.6. The van der Waals surface area contributed by atoms with E-state index in [0.717, 1.165) is 43.9 Å². The molecular weight excluding hydrogens is 362 g/mol. The van der Waals surface area contributed by atoms with E-state index in [0.29, 0.717) is 17.5 Å². The van der Waals surface area contributed by atoms with Crippen molar-refractivity contribution in [1.29, 1.82) is 0 Å². The van der Waals surface area contributed by atoms with Crippen molar-refractivity contribution in [2.24, 2.45) is 0 Å². The normalized spacial score (nSPS) is 16.1. The van der Waals surface area contributed by atoms with Gasteiger partial charge in [-0.15, -0.1) is 10.2 Å². The smallest absolute Gasteiger partial charge is 0.154 e. The summed E-state index contributed by atoms with van der Waals surface area (Å²) in [6.45, 7) is 12.4. The molecule has 0 aromatic carbocycles. The molecule has 0 unspecified atom stereocenters. The van der Waals surface area contributed by atoms with Crippen molar-refractivity contribution < 1.29 is 0 Å². The largest absolute Gasteiger partial charge is 0.382 e. The molecule has 8 heteroatoms. The third-order valence-electron chi connectivity index (χ3n) is 4.73. The van der Waals surface area contributed by atoms with Crippen molar-refractivity contribution in [3.05, 3.63) is 23.6 Å². The van der Waals surface area contributed by atoms with E-state index in [1.54, 1.807) is 16.9 Å². The molecule has 1 aliphatic heterocycles. The average molecular weight is 388 g/mol. The molecule has 2 aromatic heterocycles. The molecule has 2 aromatic rings. The molecule has 3 rings (SSSR count). The molecule has 0 bridgehead atoms. The van der Waals surface area contributed by atoms with Crippen LogP contribution in [-0.4, -0.2) is 68.0 Å². The molecule has 3 heterocycles. The lowest BCUT2D eigenvalue weighted by molar-refractivity contribution is 0.0683. The fraction of sp³-hybridized carbons (Fsp3) is 0.526. The zero-order valence-corrected chi connectivity index (χ0v) is 16.9. The fourth-order valence-electron chi connectivity index (χ4n) is 3.08. The summed E-state index contributed by atoms with van der Waals surface area (Å²) in [5.74, 6) is 6.78. The summed E-state index contributed by atoms with van der Waals surface area (Å²) >= 11 is 5.90. The van der Waals surface area contributed by atoms with E-state index >= 15 is 0 Å². The Morgan fingerprint density at radius 3 is 2.52 bits per heavy atom. The highest BCUT2D eigenvalue weighted by Crippen LogP contribution is 2.25. The van der Waals surface area contributed by atoms with Crippen LogP contribution in [0, 0.1) is 11.8 Å². The third-order valence-corrected chi connectivity index (χ3v) is 4.91. The number of anilines is 1. The summed E-state index contributed by atoms with van der Waals surface area (Å²) in [4.78, 5) is 4.92. The molecule has 27 heavy (non-hydrogen) atoms. The molecule has 7 nitrogen and oxygen atoms in total. The van der Waals surface area contributed by atoms with Crippen LogP contribution in [0.2, 0.25) is 5.15 Å². The molecule has 1 saturated heterocycles. The van der Waals surface area contributed by atoms with E-state index in [-0.39, 0.29) is 5.54 Å². The molecule has 0 atom stereocenters. The number of halogens is 1. The molecule has 0 aliphatic carbocycles. The van der Waals surface area contributed by atoms with E-state index in [1.165, 1.54) is 0 Å². The SMILES string of the molecule is CC(C)(C)N1CCN(CC#CCn2cc(-c3cc(Cl)nnc3N)cn2)CC1. The Bertz CT molecular complexity index is 836. The van der Waals surface area contributed by atoms with Crippen molar-refractivity contribution in [3.63, 3.8) is 0 Å². The van der Waals surface area contributed by atoms with Gasteiger partial charge in [0.25, 0.3) is 0 Å². The topological polar surface area (TPSA) is 76.1 Å². The van der Waals surface area contributed by atoms with Crippen LogP contribution in [-0.2, 0) is 6.54 Å². The number of hydrogen-bond donors (Lipinski definition) is 1. The number of nitrogen functional groups attached to an aromatic ring is 1. The highest BCUT2D eigenvalue weighted by molar-refractivity contribution is 6.29. The predicted molar refractivity (Wildman–Crippen MR) is 108 cm³/mol. The van der Waals surface area contributed by atoms with Gasteiger partial charge < -0.3 is 5.73 Å². The summed E-state index contributed by atoms with van der Waals surface area (Å²) in [7, 11) is 0. The van der Waals surface area contributed by atoms with E-state index in [9.17, 15) is 0 Å². The summed E-state index contributed by atoms with van der Waals surface area (Å²) in [5, 5.41) is 12.2. The zero-order valence-electron chi connectivity index (χ0n) is 16.1. The monoisotopic (exact) mass is 387 g/mol. The van der Waals surface area contributed by atoms with Crippen LogP contribution < -0.4 is 5.73 Å². The molecule has 1 fully saturated rings. The van der Waals surface area contributed by atoms with Crippen LogP contribution in [0.3, 0.4) is 0 Å². The van der Waals surface area contributed by atoms with Crippen LogP contribution >= 0.6 is 11.6 Å². The predicted octanol–water partition coefficient (Wildman–Crippen LogP) is 2.00. The Labute approximate surface area is 165 Å². The van der Waals surface area contributed by atoms with Crippen LogP contribution in [0.4, 0.5) is 5.82 Å². The number of piperazine rings is 1. The number of hydrogen-bond acceptors (Lipinski definition) is 6. The lowest BCUT2D eigenvalue weighted by Gasteiger charge is -2.41. The molecule has 1 aliphatic rings. The highest BCUT2D eigenvalue weighted by Gasteiger charge is 2.25. The van der Waals surface area contributed by atoms with Gasteiger partial charge in [-0.3, -0.25) is 14.5 Å². The number of aromatic nitrogens is 4. The van der Waals surface area contributed by atoms with Crippen LogP contribution in [0.5, 0.6) is 0 Å². The fourth-order valence-corrected chi connectivity index (χ4v) is 3.23. The van der Waals surface area contributed by atoms with Gasteiger partial charge in [0.1, 0.15) is 6.54 Å². The summed E-state index contributed by atoms with van der Waals surface area (Å²) in [6, 6.07) is 1.69. The first-order valence-corrected chi connectivity index (χ1v) is 9.45.